The molecule has 1 N–H and O–H groups in total. The summed E-state index contributed by atoms with van der Waals surface area (Å²) in [5.41, 5.74) is 0.320. The second kappa shape index (κ2) is 5.39. The molecule has 1 fully saturated rings. The molecule has 0 aromatic heterocycles. The molecule has 4 nitrogen and oxygen atoms in total. The summed E-state index contributed by atoms with van der Waals surface area (Å²) in [4.78, 5) is 12.3. The van der Waals surface area contributed by atoms with E-state index in [1.807, 2.05) is 72.7 Å². The second-order valence-electron chi connectivity index (χ2n) is 7.88. The normalized spacial score (nSPS) is 20.0. The molecule has 1 aliphatic rings. The topological polar surface area (TPSA) is 47.6 Å². The summed E-state index contributed by atoms with van der Waals surface area (Å²) in [6, 6.07) is 7.63. The molecule has 0 aliphatic carbocycles. The zero-order valence-electron chi connectivity index (χ0n) is 14.6. The summed E-state index contributed by atoms with van der Waals surface area (Å²) < 4.78 is 12.2. The Morgan fingerprint density at radius 1 is 1.05 bits per heavy atom. The SMILES string of the molecule is CC(C)(C)C(=O)Nc1ccccc1B1OC(C)(C)C(C)(C)O1. The number of rotatable bonds is 2. The number of nitrogens with one attached hydrogen (secondary N) is 1. The van der Waals surface area contributed by atoms with E-state index in [9.17, 15) is 4.79 Å². The van der Waals surface area contributed by atoms with Crippen LogP contribution in [0.25, 0.3) is 0 Å². The van der Waals surface area contributed by atoms with Crippen LogP contribution in [0.3, 0.4) is 0 Å². The molecule has 0 spiro atoms. The van der Waals surface area contributed by atoms with Gasteiger partial charge in [0, 0.05) is 16.6 Å². The van der Waals surface area contributed by atoms with Crippen LogP contribution >= 0.6 is 0 Å². The first-order valence-electron chi connectivity index (χ1n) is 7.70. The fourth-order valence-corrected chi connectivity index (χ4v) is 2.10. The number of anilines is 1. The first-order valence-corrected chi connectivity index (χ1v) is 7.70. The molecule has 0 radical (unpaired) electrons. The van der Waals surface area contributed by atoms with E-state index < -0.39 is 23.7 Å². The van der Waals surface area contributed by atoms with Gasteiger partial charge in [-0.15, -0.1) is 0 Å². The van der Waals surface area contributed by atoms with Crippen LogP contribution in [0.2, 0.25) is 0 Å². The van der Waals surface area contributed by atoms with Crippen LogP contribution in [0.15, 0.2) is 24.3 Å². The predicted molar refractivity (Wildman–Crippen MR) is 90.2 cm³/mol. The Hall–Kier alpha value is -1.33. The average Bonchev–Trinajstić information content (AvgIpc) is 2.57. The van der Waals surface area contributed by atoms with Crippen LogP contribution in [-0.4, -0.2) is 24.2 Å². The van der Waals surface area contributed by atoms with Crippen LogP contribution in [0.1, 0.15) is 48.5 Å². The minimum atomic E-state index is -0.485. The Balaban J connectivity index is 2.29. The van der Waals surface area contributed by atoms with Crippen molar-refractivity contribution in [3.63, 3.8) is 0 Å². The first kappa shape index (κ1) is 17.0. The maximum absolute atomic E-state index is 12.3. The first-order chi connectivity index (χ1) is 9.94. The highest BCUT2D eigenvalue weighted by Crippen LogP contribution is 2.37. The van der Waals surface area contributed by atoms with Gasteiger partial charge >= 0.3 is 7.12 Å². The molecule has 1 aliphatic heterocycles. The van der Waals surface area contributed by atoms with Crippen molar-refractivity contribution in [2.24, 2.45) is 5.41 Å². The Labute approximate surface area is 133 Å². The molecule has 0 saturated carbocycles. The molecule has 5 heteroatoms. The number of benzene rings is 1. The Bertz CT molecular complexity index is 560. The van der Waals surface area contributed by atoms with E-state index in [0.29, 0.717) is 0 Å². The fraction of sp³-hybridized carbons (Fsp3) is 0.588. The molecule has 0 bridgehead atoms. The standard InChI is InChI=1S/C17H26BNO3/c1-15(2,3)14(20)19-13-11-9-8-10-12(13)18-21-16(4,5)17(6,7)22-18/h8-11H,1-7H3,(H,19,20). The van der Waals surface area contributed by atoms with Gasteiger partial charge in [-0.3, -0.25) is 4.79 Å². The minimum Gasteiger partial charge on any atom is -0.399 e. The van der Waals surface area contributed by atoms with Crippen LogP contribution in [0, 0.1) is 5.41 Å². The molecule has 0 atom stereocenters. The largest absolute Gasteiger partial charge is 0.496 e. The van der Waals surface area contributed by atoms with E-state index in [4.69, 9.17) is 9.31 Å². The number of para-hydroxylation sites is 1. The van der Waals surface area contributed by atoms with E-state index in [1.54, 1.807) is 0 Å². The monoisotopic (exact) mass is 303 g/mol. The van der Waals surface area contributed by atoms with Gasteiger partial charge in [0.2, 0.25) is 5.91 Å². The quantitative estimate of drug-likeness (QED) is 0.855. The highest BCUT2D eigenvalue weighted by Gasteiger charge is 2.52. The highest BCUT2D eigenvalue weighted by molar-refractivity contribution is 6.64. The molecular weight excluding hydrogens is 277 g/mol. The lowest BCUT2D eigenvalue weighted by molar-refractivity contribution is -0.123. The lowest BCUT2D eigenvalue weighted by Gasteiger charge is -2.32. The summed E-state index contributed by atoms with van der Waals surface area (Å²) >= 11 is 0. The fourth-order valence-electron chi connectivity index (χ4n) is 2.10. The van der Waals surface area contributed by atoms with Crippen molar-refractivity contribution >= 4 is 24.2 Å². The highest BCUT2D eigenvalue weighted by atomic mass is 16.7. The Morgan fingerprint density at radius 3 is 2.05 bits per heavy atom. The molecule has 1 heterocycles. The lowest BCUT2D eigenvalue weighted by Crippen LogP contribution is -2.41. The van der Waals surface area contributed by atoms with Gasteiger partial charge in [0.05, 0.1) is 11.2 Å². The number of hydrogen-bond donors (Lipinski definition) is 1. The van der Waals surface area contributed by atoms with Crippen molar-refractivity contribution < 1.29 is 14.1 Å². The Kier molecular flexibility index (Phi) is 4.17. The van der Waals surface area contributed by atoms with Gasteiger partial charge in [0.15, 0.2) is 0 Å². The molecule has 22 heavy (non-hydrogen) atoms. The molecule has 0 unspecified atom stereocenters. The zero-order valence-corrected chi connectivity index (χ0v) is 14.6. The van der Waals surface area contributed by atoms with Crippen LogP contribution in [0.5, 0.6) is 0 Å². The molecule has 1 aromatic carbocycles. The van der Waals surface area contributed by atoms with Gasteiger partial charge in [-0.05, 0) is 33.8 Å². The smallest absolute Gasteiger partial charge is 0.399 e. The van der Waals surface area contributed by atoms with Gasteiger partial charge in [0.25, 0.3) is 0 Å². The van der Waals surface area contributed by atoms with Gasteiger partial charge in [-0.1, -0.05) is 39.0 Å². The maximum Gasteiger partial charge on any atom is 0.496 e. The van der Waals surface area contributed by atoms with Gasteiger partial charge in [-0.25, -0.2) is 0 Å². The molecule has 1 aromatic rings. The molecule has 2 rings (SSSR count). The second-order valence-corrected chi connectivity index (χ2v) is 7.88. The van der Waals surface area contributed by atoms with Crippen molar-refractivity contribution in [2.45, 2.75) is 59.7 Å². The third-order valence-corrected chi connectivity index (χ3v) is 4.40. The van der Waals surface area contributed by atoms with E-state index in [1.165, 1.54) is 0 Å². The van der Waals surface area contributed by atoms with E-state index in [-0.39, 0.29) is 5.91 Å². The van der Waals surface area contributed by atoms with E-state index >= 15 is 0 Å². The van der Waals surface area contributed by atoms with Crippen LogP contribution in [-0.2, 0) is 14.1 Å². The van der Waals surface area contributed by atoms with E-state index in [2.05, 4.69) is 5.32 Å². The molecule has 120 valence electrons. The molecule has 1 saturated heterocycles. The van der Waals surface area contributed by atoms with Crippen molar-refractivity contribution in [2.75, 3.05) is 5.32 Å². The Morgan fingerprint density at radius 2 is 1.55 bits per heavy atom. The molecular formula is C17H26BNO3. The number of hydrogen-bond acceptors (Lipinski definition) is 3. The van der Waals surface area contributed by atoms with Crippen LogP contribution in [0.4, 0.5) is 5.69 Å². The average molecular weight is 303 g/mol. The van der Waals surface area contributed by atoms with E-state index in [0.717, 1.165) is 11.2 Å². The maximum atomic E-state index is 12.3. The number of carbonyl (C=O) groups is 1. The lowest BCUT2D eigenvalue weighted by atomic mass is 9.77. The number of carbonyl (C=O) groups excluding carboxylic acids is 1. The third kappa shape index (κ3) is 3.20. The van der Waals surface area contributed by atoms with Crippen LogP contribution < -0.4 is 10.8 Å². The predicted octanol–water partition coefficient (Wildman–Crippen LogP) is 2.97. The summed E-state index contributed by atoms with van der Waals surface area (Å²) in [6.45, 7) is 13.7. The van der Waals surface area contributed by atoms with Crippen molar-refractivity contribution in [3.8, 4) is 0 Å². The van der Waals surface area contributed by atoms with Gasteiger partial charge in [0.1, 0.15) is 0 Å². The summed E-state index contributed by atoms with van der Waals surface area (Å²) in [5, 5.41) is 2.98. The number of amides is 1. The van der Waals surface area contributed by atoms with Crippen molar-refractivity contribution in [3.05, 3.63) is 24.3 Å². The molecule has 1 amide bonds. The summed E-state index contributed by atoms with van der Waals surface area (Å²) in [6.07, 6.45) is 0. The zero-order chi connectivity index (χ0) is 16.8. The van der Waals surface area contributed by atoms with Crippen molar-refractivity contribution in [1.82, 2.24) is 0 Å². The third-order valence-electron chi connectivity index (χ3n) is 4.40. The summed E-state index contributed by atoms with van der Waals surface area (Å²) in [5.74, 6) is -0.0310. The van der Waals surface area contributed by atoms with Gasteiger partial charge < -0.3 is 14.6 Å². The minimum absolute atomic E-state index is 0.0310. The van der Waals surface area contributed by atoms with Crippen molar-refractivity contribution in [1.29, 1.82) is 0 Å². The van der Waals surface area contributed by atoms with Gasteiger partial charge in [-0.2, -0.15) is 0 Å². The summed E-state index contributed by atoms with van der Waals surface area (Å²) in [7, 11) is -0.485.